The number of aromatic hydroxyl groups is 1. The fourth-order valence-electron chi connectivity index (χ4n) is 2.78. The molecule has 0 saturated carbocycles. The molecule has 106 valence electrons. The van der Waals surface area contributed by atoms with Gasteiger partial charge in [-0.2, -0.15) is 0 Å². The van der Waals surface area contributed by atoms with Gasteiger partial charge in [-0.25, -0.2) is 0 Å². The van der Waals surface area contributed by atoms with Crippen molar-refractivity contribution in [2.24, 2.45) is 0 Å². The minimum atomic E-state index is 0.259. The van der Waals surface area contributed by atoms with E-state index in [0.717, 1.165) is 47.4 Å². The van der Waals surface area contributed by atoms with Crippen molar-refractivity contribution in [3.05, 3.63) is 45.8 Å². The van der Waals surface area contributed by atoms with Crippen molar-refractivity contribution in [1.29, 1.82) is 0 Å². The number of benzene rings is 1. The predicted octanol–water partition coefficient (Wildman–Crippen LogP) is 3.79. The third kappa shape index (κ3) is 2.74. The maximum absolute atomic E-state index is 9.97. The molecule has 1 aliphatic heterocycles. The second-order valence-electron chi connectivity index (χ2n) is 5.27. The summed E-state index contributed by atoms with van der Waals surface area (Å²) in [6.45, 7) is 3.67. The molecule has 0 radical (unpaired) electrons. The second kappa shape index (κ2) is 5.58. The summed E-state index contributed by atoms with van der Waals surface area (Å²) in [6.07, 6.45) is 2.21. The topological polar surface area (TPSA) is 49.5 Å². The van der Waals surface area contributed by atoms with Crippen LogP contribution >= 0.6 is 15.9 Å². The highest BCUT2D eigenvalue weighted by molar-refractivity contribution is 9.10. The number of aryl methyl sites for hydroxylation is 1. The first-order valence-corrected chi connectivity index (χ1v) is 7.57. The van der Waals surface area contributed by atoms with Crippen LogP contribution in [0.4, 0.5) is 0 Å². The Morgan fingerprint density at radius 3 is 3.05 bits per heavy atom. The van der Waals surface area contributed by atoms with Crippen LogP contribution in [0.25, 0.3) is 0 Å². The molecule has 0 aliphatic carbocycles. The van der Waals surface area contributed by atoms with Crippen LogP contribution in [0.5, 0.6) is 5.75 Å². The minimum absolute atomic E-state index is 0.259. The first-order chi connectivity index (χ1) is 9.63. The van der Waals surface area contributed by atoms with Gasteiger partial charge in [-0.15, -0.1) is 0 Å². The highest BCUT2D eigenvalue weighted by Gasteiger charge is 2.29. The maximum atomic E-state index is 9.97. The second-order valence-corrected chi connectivity index (χ2v) is 6.19. The highest BCUT2D eigenvalue weighted by Crippen LogP contribution is 2.35. The van der Waals surface area contributed by atoms with Crippen LogP contribution in [0.3, 0.4) is 0 Å². The number of rotatable bonds is 3. The lowest BCUT2D eigenvalue weighted by Crippen LogP contribution is -2.22. The largest absolute Gasteiger partial charge is 0.508 e. The molecule has 1 aromatic heterocycles. The Labute approximate surface area is 126 Å². The van der Waals surface area contributed by atoms with E-state index in [1.807, 2.05) is 25.1 Å². The predicted molar refractivity (Wildman–Crippen MR) is 79.4 cm³/mol. The molecule has 0 amide bonds. The van der Waals surface area contributed by atoms with Gasteiger partial charge >= 0.3 is 0 Å². The molecular formula is C15H17BrN2O2. The monoisotopic (exact) mass is 336 g/mol. The summed E-state index contributed by atoms with van der Waals surface area (Å²) < 4.78 is 6.39. The van der Waals surface area contributed by atoms with Crippen LogP contribution in [-0.4, -0.2) is 21.7 Å². The Hall–Kier alpha value is -1.33. The van der Waals surface area contributed by atoms with Crippen molar-refractivity contribution >= 4 is 15.9 Å². The first-order valence-electron chi connectivity index (χ1n) is 6.78. The van der Waals surface area contributed by atoms with E-state index in [4.69, 9.17) is 4.52 Å². The third-order valence-corrected chi connectivity index (χ3v) is 4.25. The van der Waals surface area contributed by atoms with Crippen LogP contribution in [-0.2, 0) is 6.54 Å². The summed E-state index contributed by atoms with van der Waals surface area (Å²) in [6, 6.07) is 7.80. The molecule has 1 aliphatic rings. The zero-order chi connectivity index (χ0) is 14.1. The number of nitrogens with zero attached hydrogens (tertiary/aromatic N) is 2. The van der Waals surface area contributed by atoms with Gasteiger partial charge in [0.2, 0.25) is 0 Å². The number of phenolic OH excluding ortho intramolecular Hbond substituents is 1. The summed E-state index contributed by atoms with van der Waals surface area (Å²) in [7, 11) is 0. The molecular weight excluding hydrogens is 320 g/mol. The maximum Gasteiger partial charge on any atom is 0.154 e. The number of likely N-dealkylation sites (tertiary alicyclic amines) is 1. The van der Waals surface area contributed by atoms with Gasteiger partial charge < -0.3 is 9.63 Å². The molecule has 5 heteroatoms. The fourth-order valence-corrected chi connectivity index (χ4v) is 3.19. The summed E-state index contributed by atoms with van der Waals surface area (Å²) in [5.74, 6) is 1.27. The van der Waals surface area contributed by atoms with E-state index >= 15 is 0 Å². The summed E-state index contributed by atoms with van der Waals surface area (Å²) in [4.78, 5) is 2.33. The summed E-state index contributed by atoms with van der Waals surface area (Å²) >= 11 is 3.45. The Balaban J connectivity index is 1.81. The molecule has 1 unspecified atom stereocenters. The minimum Gasteiger partial charge on any atom is -0.508 e. The average molecular weight is 337 g/mol. The van der Waals surface area contributed by atoms with E-state index in [1.165, 1.54) is 0 Å². The van der Waals surface area contributed by atoms with Gasteiger partial charge in [-0.1, -0.05) is 21.1 Å². The van der Waals surface area contributed by atoms with Crippen molar-refractivity contribution in [1.82, 2.24) is 10.1 Å². The van der Waals surface area contributed by atoms with Crippen molar-refractivity contribution < 1.29 is 9.63 Å². The number of hydrogen-bond acceptors (Lipinski definition) is 4. The lowest BCUT2D eigenvalue weighted by atomic mass is 10.1. The molecule has 3 rings (SSSR count). The molecule has 2 heterocycles. The van der Waals surface area contributed by atoms with E-state index in [0.29, 0.717) is 5.75 Å². The van der Waals surface area contributed by atoms with E-state index in [2.05, 4.69) is 26.0 Å². The van der Waals surface area contributed by atoms with Gasteiger partial charge in [-0.05, 0) is 44.5 Å². The smallest absolute Gasteiger partial charge is 0.154 e. The zero-order valence-corrected chi connectivity index (χ0v) is 12.9. The number of halogens is 1. The average Bonchev–Trinajstić information content (AvgIpc) is 3.02. The van der Waals surface area contributed by atoms with Crippen LogP contribution in [0.15, 0.2) is 33.3 Å². The van der Waals surface area contributed by atoms with Gasteiger partial charge in [0, 0.05) is 22.6 Å². The molecule has 1 atom stereocenters. The van der Waals surface area contributed by atoms with Crippen LogP contribution in [0.2, 0.25) is 0 Å². The van der Waals surface area contributed by atoms with Crippen LogP contribution < -0.4 is 0 Å². The lowest BCUT2D eigenvalue weighted by molar-refractivity contribution is 0.204. The zero-order valence-electron chi connectivity index (χ0n) is 11.3. The normalized spacial score (nSPS) is 19.6. The molecule has 0 bridgehead atoms. The highest BCUT2D eigenvalue weighted by atomic mass is 79.9. The molecule has 1 fully saturated rings. The van der Waals surface area contributed by atoms with Gasteiger partial charge in [-0.3, -0.25) is 4.90 Å². The number of phenols is 1. The molecule has 4 nitrogen and oxygen atoms in total. The quantitative estimate of drug-likeness (QED) is 0.926. The van der Waals surface area contributed by atoms with Gasteiger partial charge in [0.1, 0.15) is 5.75 Å². The molecule has 2 aromatic rings. The standard InChI is InChI=1S/C15H17BrN2O2/c1-10-7-15(20-17-10)13-3-2-6-18(13)9-11-8-12(16)4-5-14(11)19/h4-5,7-8,13,19H,2-3,6,9H2,1H3. The van der Waals surface area contributed by atoms with E-state index in [9.17, 15) is 5.11 Å². The van der Waals surface area contributed by atoms with E-state index < -0.39 is 0 Å². The molecule has 0 spiro atoms. The van der Waals surface area contributed by atoms with E-state index in [1.54, 1.807) is 6.07 Å². The molecule has 1 N–H and O–H groups in total. The summed E-state index contributed by atoms with van der Waals surface area (Å²) in [5, 5.41) is 13.9. The number of aromatic nitrogens is 1. The Kier molecular flexibility index (Phi) is 3.81. The van der Waals surface area contributed by atoms with Crippen molar-refractivity contribution in [3.8, 4) is 5.75 Å². The Morgan fingerprint density at radius 1 is 1.45 bits per heavy atom. The molecule has 20 heavy (non-hydrogen) atoms. The van der Waals surface area contributed by atoms with Crippen LogP contribution in [0.1, 0.15) is 35.9 Å². The third-order valence-electron chi connectivity index (χ3n) is 3.75. The van der Waals surface area contributed by atoms with Gasteiger partial charge in [0.05, 0.1) is 11.7 Å². The molecule has 1 saturated heterocycles. The Bertz CT molecular complexity index is 612. The fraction of sp³-hybridized carbons (Fsp3) is 0.400. The van der Waals surface area contributed by atoms with E-state index in [-0.39, 0.29) is 6.04 Å². The Morgan fingerprint density at radius 2 is 2.30 bits per heavy atom. The van der Waals surface area contributed by atoms with Gasteiger partial charge in [0.15, 0.2) is 5.76 Å². The van der Waals surface area contributed by atoms with Crippen LogP contribution in [0, 0.1) is 6.92 Å². The van der Waals surface area contributed by atoms with Crippen molar-refractivity contribution in [3.63, 3.8) is 0 Å². The summed E-state index contributed by atoms with van der Waals surface area (Å²) in [5.41, 5.74) is 1.85. The molecule has 1 aromatic carbocycles. The lowest BCUT2D eigenvalue weighted by Gasteiger charge is -2.22. The first kappa shape index (κ1) is 13.6. The number of hydrogen-bond donors (Lipinski definition) is 1. The van der Waals surface area contributed by atoms with Gasteiger partial charge in [0.25, 0.3) is 0 Å². The SMILES string of the molecule is Cc1cc(C2CCCN2Cc2cc(Br)ccc2O)on1. The van der Waals surface area contributed by atoms with Crippen molar-refractivity contribution in [2.75, 3.05) is 6.54 Å². The van der Waals surface area contributed by atoms with Crippen molar-refractivity contribution in [2.45, 2.75) is 32.4 Å².